The van der Waals surface area contributed by atoms with Gasteiger partial charge in [-0.3, -0.25) is 0 Å². The third-order valence-electron chi connectivity index (χ3n) is 1.89. The zero-order chi connectivity index (χ0) is 13.1. The second-order valence-electron chi connectivity index (χ2n) is 3.07. The summed E-state index contributed by atoms with van der Waals surface area (Å²) in [5, 5.41) is 10.7. The highest BCUT2D eigenvalue weighted by atomic mass is 79.9. The van der Waals surface area contributed by atoms with E-state index in [0.29, 0.717) is 0 Å². The summed E-state index contributed by atoms with van der Waals surface area (Å²) in [5.41, 5.74) is -0.216. The maximum atomic E-state index is 11.7. The number of hydrogen-bond acceptors (Lipinski definition) is 4. The van der Waals surface area contributed by atoms with Gasteiger partial charge in [0, 0.05) is 16.6 Å². The molecule has 17 heavy (non-hydrogen) atoms. The monoisotopic (exact) mass is 318 g/mol. The van der Waals surface area contributed by atoms with Gasteiger partial charge in [0.05, 0.1) is 10.9 Å². The Morgan fingerprint density at radius 2 is 2.18 bits per heavy atom. The number of aromatic carboxylic acids is 1. The summed E-state index contributed by atoms with van der Waals surface area (Å²) in [6.07, 6.45) is 1.38. The summed E-state index contributed by atoms with van der Waals surface area (Å²) < 4.78 is 25.9. The van der Waals surface area contributed by atoms with Crippen molar-refractivity contribution in [2.24, 2.45) is 0 Å². The molecule has 1 rings (SSSR count). The molecule has 1 N–H and O–H groups in total. The van der Waals surface area contributed by atoms with E-state index in [-0.39, 0.29) is 21.5 Å². The van der Waals surface area contributed by atoms with Crippen molar-refractivity contribution in [3.05, 3.63) is 40.9 Å². The Morgan fingerprint density at radius 1 is 1.53 bits per heavy atom. The van der Waals surface area contributed by atoms with Gasteiger partial charge in [-0.15, -0.1) is 6.58 Å². The number of carboxylic acid groups (broad SMARTS) is 1. The van der Waals surface area contributed by atoms with Gasteiger partial charge in [0.25, 0.3) is 0 Å². The van der Waals surface area contributed by atoms with Gasteiger partial charge in [-0.2, -0.15) is 0 Å². The maximum absolute atomic E-state index is 11.7. The third kappa shape index (κ3) is 3.39. The molecule has 0 saturated heterocycles. The predicted molar refractivity (Wildman–Crippen MR) is 63.9 cm³/mol. The molecule has 0 radical (unpaired) electrons. The lowest BCUT2D eigenvalue weighted by Crippen LogP contribution is -2.26. The minimum absolute atomic E-state index is 0.0685. The highest BCUT2D eigenvalue weighted by molar-refractivity contribution is 9.10. The molecule has 0 saturated carbocycles. The lowest BCUT2D eigenvalue weighted by Gasteiger charge is -2.09. The van der Waals surface area contributed by atoms with E-state index in [4.69, 9.17) is 0 Å². The number of sulfonamides is 1. The van der Waals surface area contributed by atoms with Crippen molar-refractivity contribution in [1.82, 2.24) is 4.72 Å². The largest absolute Gasteiger partial charge is 0.545 e. The molecule has 92 valence electrons. The van der Waals surface area contributed by atoms with Crippen molar-refractivity contribution in [2.75, 3.05) is 6.54 Å². The van der Waals surface area contributed by atoms with Gasteiger partial charge in [-0.25, -0.2) is 13.1 Å². The average Bonchev–Trinajstić information content (AvgIpc) is 2.26. The van der Waals surface area contributed by atoms with Crippen LogP contribution in [-0.4, -0.2) is 20.9 Å². The van der Waals surface area contributed by atoms with Crippen molar-refractivity contribution in [2.45, 2.75) is 4.90 Å². The summed E-state index contributed by atoms with van der Waals surface area (Å²) in [5.74, 6) is -1.45. The van der Waals surface area contributed by atoms with Gasteiger partial charge in [0.2, 0.25) is 10.0 Å². The normalized spacial score (nSPS) is 11.1. The van der Waals surface area contributed by atoms with Crippen molar-refractivity contribution in [3.63, 3.8) is 0 Å². The summed E-state index contributed by atoms with van der Waals surface area (Å²) in [6.45, 7) is 3.45. The van der Waals surface area contributed by atoms with Crippen LogP contribution in [0.1, 0.15) is 10.4 Å². The minimum Gasteiger partial charge on any atom is -0.545 e. The number of carbonyl (C=O) groups excluding carboxylic acids is 1. The van der Waals surface area contributed by atoms with E-state index < -0.39 is 16.0 Å². The van der Waals surface area contributed by atoms with Crippen LogP contribution < -0.4 is 9.83 Å². The zero-order valence-corrected chi connectivity index (χ0v) is 11.0. The van der Waals surface area contributed by atoms with Gasteiger partial charge >= 0.3 is 0 Å². The second-order valence-corrected chi connectivity index (χ2v) is 5.69. The van der Waals surface area contributed by atoms with Crippen molar-refractivity contribution in [3.8, 4) is 0 Å². The highest BCUT2D eigenvalue weighted by Crippen LogP contribution is 2.20. The van der Waals surface area contributed by atoms with E-state index in [1.54, 1.807) is 0 Å². The molecule has 0 spiro atoms. The molecule has 0 fully saturated rings. The van der Waals surface area contributed by atoms with E-state index in [1.165, 1.54) is 18.2 Å². The number of nitrogens with one attached hydrogen (secondary N) is 1. The molecule has 0 amide bonds. The first-order valence-electron chi connectivity index (χ1n) is 4.50. The molecule has 0 aliphatic heterocycles. The number of hydrogen-bond donors (Lipinski definition) is 1. The first-order valence-corrected chi connectivity index (χ1v) is 6.77. The first kappa shape index (κ1) is 13.9. The van der Waals surface area contributed by atoms with Crippen LogP contribution >= 0.6 is 15.9 Å². The Labute approximate surface area is 107 Å². The van der Waals surface area contributed by atoms with Crippen LogP contribution in [0.4, 0.5) is 0 Å². The number of halogens is 1. The van der Waals surface area contributed by atoms with Crippen LogP contribution in [0.15, 0.2) is 40.2 Å². The number of carboxylic acids is 1. The van der Waals surface area contributed by atoms with Gasteiger partial charge in [0.1, 0.15) is 0 Å². The maximum Gasteiger partial charge on any atom is 0.240 e. The molecule has 0 bridgehead atoms. The topological polar surface area (TPSA) is 86.3 Å². The summed E-state index contributed by atoms with van der Waals surface area (Å²) >= 11 is 3.00. The number of rotatable bonds is 5. The predicted octanol–water partition coefficient (Wildman–Crippen LogP) is 0.277. The van der Waals surface area contributed by atoms with Gasteiger partial charge in [0.15, 0.2) is 0 Å². The van der Waals surface area contributed by atoms with Gasteiger partial charge in [-0.05, 0) is 18.2 Å². The van der Waals surface area contributed by atoms with E-state index in [0.717, 1.165) is 6.07 Å². The summed E-state index contributed by atoms with van der Waals surface area (Å²) in [7, 11) is -3.73. The molecule has 0 aliphatic rings. The summed E-state index contributed by atoms with van der Waals surface area (Å²) in [6, 6.07) is 3.67. The SMILES string of the molecule is C=CCNS(=O)(=O)c1ccc(Br)c(C(=O)[O-])c1. The molecule has 5 nitrogen and oxygen atoms in total. The van der Waals surface area contributed by atoms with E-state index in [9.17, 15) is 18.3 Å². The van der Waals surface area contributed by atoms with E-state index >= 15 is 0 Å². The minimum atomic E-state index is -3.73. The van der Waals surface area contributed by atoms with Crippen LogP contribution in [0.25, 0.3) is 0 Å². The number of benzene rings is 1. The zero-order valence-electron chi connectivity index (χ0n) is 8.64. The smallest absolute Gasteiger partial charge is 0.240 e. The van der Waals surface area contributed by atoms with Crippen LogP contribution in [0, 0.1) is 0 Å². The Morgan fingerprint density at radius 3 is 2.71 bits per heavy atom. The van der Waals surface area contributed by atoms with Crippen LogP contribution in [0.3, 0.4) is 0 Å². The van der Waals surface area contributed by atoms with Crippen molar-refractivity contribution < 1.29 is 18.3 Å². The molecule has 0 heterocycles. The average molecular weight is 319 g/mol. The fourth-order valence-corrected chi connectivity index (χ4v) is 2.51. The molecule has 1 aromatic carbocycles. The Kier molecular flexibility index (Phi) is 4.44. The van der Waals surface area contributed by atoms with Gasteiger partial charge < -0.3 is 9.90 Å². The standard InChI is InChI=1S/C10H10BrNO4S/c1-2-5-12-17(15,16)7-3-4-9(11)8(6-7)10(13)14/h2-4,6,12H,1,5H2,(H,13,14)/p-1. The molecule has 0 aliphatic carbocycles. The quantitative estimate of drug-likeness (QED) is 0.790. The van der Waals surface area contributed by atoms with Crippen LogP contribution in [0.5, 0.6) is 0 Å². The first-order chi connectivity index (χ1) is 7.88. The molecule has 7 heteroatoms. The molecule has 0 atom stereocenters. The second kappa shape index (κ2) is 5.44. The fraction of sp³-hybridized carbons (Fsp3) is 0.100. The molecule has 1 aromatic rings. The lowest BCUT2D eigenvalue weighted by molar-refractivity contribution is -0.255. The van der Waals surface area contributed by atoms with Crippen LogP contribution in [0.2, 0.25) is 0 Å². The van der Waals surface area contributed by atoms with Crippen LogP contribution in [-0.2, 0) is 10.0 Å². The Hall–Kier alpha value is -1.18. The third-order valence-corrected chi connectivity index (χ3v) is 4.00. The van der Waals surface area contributed by atoms with Crippen molar-refractivity contribution in [1.29, 1.82) is 0 Å². The highest BCUT2D eigenvalue weighted by Gasteiger charge is 2.14. The Balaban J connectivity index is 3.20. The van der Waals surface area contributed by atoms with Gasteiger partial charge in [-0.1, -0.05) is 22.0 Å². The number of carbonyl (C=O) groups is 1. The molecule has 0 unspecified atom stereocenters. The molecule has 0 aromatic heterocycles. The van der Waals surface area contributed by atoms with E-state index in [1.807, 2.05) is 0 Å². The molecular weight excluding hydrogens is 310 g/mol. The van der Waals surface area contributed by atoms with Crippen molar-refractivity contribution >= 4 is 31.9 Å². The van der Waals surface area contributed by atoms with E-state index in [2.05, 4.69) is 27.2 Å². The summed E-state index contributed by atoms with van der Waals surface area (Å²) in [4.78, 5) is 10.6. The lowest BCUT2D eigenvalue weighted by atomic mass is 10.2. The molecular formula is C10H9BrNO4S-. The fourth-order valence-electron chi connectivity index (χ4n) is 1.08. The Bertz CT molecular complexity index is 553.